The lowest BCUT2D eigenvalue weighted by Crippen LogP contribution is -2.37. The van der Waals surface area contributed by atoms with Crippen molar-refractivity contribution in [1.82, 2.24) is 35.2 Å². The van der Waals surface area contributed by atoms with Crippen LogP contribution in [0.4, 0.5) is 11.8 Å². The molecule has 12 heteroatoms. The van der Waals surface area contributed by atoms with Crippen LogP contribution in [-0.2, 0) is 16.1 Å². The summed E-state index contributed by atoms with van der Waals surface area (Å²) >= 11 is 0. The molecular weight excluding hydrogens is 414 g/mol. The maximum atomic E-state index is 11.1. The monoisotopic (exact) mass is 441 g/mol. The van der Waals surface area contributed by atoms with Crippen LogP contribution in [0.2, 0.25) is 0 Å². The molecule has 4 heterocycles. The Hall–Kier alpha value is -3.38. The minimum atomic E-state index is -0.352. The van der Waals surface area contributed by atoms with Crippen molar-refractivity contribution in [3.05, 3.63) is 18.6 Å². The molecule has 4 rings (SSSR count). The second-order valence-corrected chi connectivity index (χ2v) is 7.60. The van der Waals surface area contributed by atoms with Crippen LogP contribution in [0.5, 0.6) is 0 Å². The summed E-state index contributed by atoms with van der Waals surface area (Å²) in [4.78, 5) is 31.0. The van der Waals surface area contributed by atoms with Gasteiger partial charge in [-0.25, -0.2) is 30.1 Å². The van der Waals surface area contributed by atoms with Gasteiger partial charge in [-0.2, -0.15) is 5.10 Å². The van der Waals surface area contributed by atoms with Crippen LogP contribution in [0.25, 0.3) is 22.4 Å². The van der Waals surface area contributed by atoms with E-state index in [9.17, 15) is 4.79 Å². The number of morpholine rings is 1. The Kier molecular flexibility index (Phi) is 7.02. The van der Waals surface area contributed by atoms with Gasteiger partial charge in [0.1, 0.15) is 5.82 Å². The van der Waals surface area contributed by atoms with E-state index in [0.717, 1.165) is 55.6 Å². The Balaban J connectivity index is 1.55. The summed E-state index contributed by atoms with van der Waals surface area (Å²) in [6.07, 6.45) is 8.85. The van der Waals surface area contributed by atoms with Crippen LogP contribution in [0, 0.1) is 0 Å². The molecule has 32 heavy (non-hydrogen) atoms. The number of hydroxylamine groups is 1. The van der Waals surface area contributed by atoms with Gasteiger partial charge in [0.25, 0.3) is 0 Å². The number of nitrogens with two attached hydrogens (primary N) is 1. The predicted octanol–water partition coefficient (Wildman–Crippen LogP) is 1.16. The van der Waals surface area contributed by atoms with Crippen LogP contribution < -0.4 is 16.1 Å². The van der Waals surface area contributed by atoms with E-state index in [0.29, 0.717) is 37.6 Å². The fourth-order valence-corrected chi connectivity index (χ4v) is 3.66. The number of amides is 1. The third kappa shape index (κ3) is 5.08. The highest BCUT2D eigenvalue weighted by Crippen LogP contribution is 2.28. The van der Waals surface area contributed by atoms with Gasteiger partial charge >= 0.3 is 0 Å². The van der Waals surface area contributed by atoms with Gasteiger partial charge in [-0.05, 0) is 12.8 Å². The normalized spacial score (nSPS) is 14.1. The number of unbranched alkanes of at least 4 members (excludes halogenated alkanes) is 3. The third-order valence-electron chi connectivity index (χ3n) is 5.37. The van der Waals surface area contributed by atoms with Gasteiger partial charge in [-0.15, -0.1) is 0 Å². The zero-order valence-electron chi connectivity index (χ0n) is 17.8. The number of carbonyl (C=O) groups is 1. The highest BCUT2D eigenvalue weighted by molar-refractivity contribution is 5.88. The number of carbonyl (C=O) groups excluding carboxylic acids is 1. The minimum absolute atomic E-state index is 0.199. The number of fused-ring (bicyclic) bond motifs is 1. The van der Waals surface area contributed by atoms with Crippen molar-refractivity contribution < 1.29 is 14.7 Å². The SMILES string of the molecule is Nc1ncc(-c2nc(N3CCOCC3)c3cnn(CCCCCCC(=O)NO)c3n2)cn1. The number of nitrogen functional groups attached to an aromatic ring is 1. The van der Waals surface area contributed by atoms with E-state index in [1.54, 1.807) is 17.9 Å². The standard InChI is InChI=1S/C20H27N9O3/c21-20-22-11-14(12-23-20)17-25-18(28-7-9-32-10-8-28)15-13-24-29(19(15)26-17)6-4-2-1-3-5-16(30)27-31/h11-13,31H,1-10H2,(H,27,30)(H2,21,22,23). The number of hydrogen-bond acceptors (Lipinski definition) is 10. The fraction of sp³-hybridized carbons (Fsp3) is 0.500. The van der Waals surface area contributed by atoms with E-state index in [4.69, 9.17) is 25.6 Å². The smallest absolute Gasteiger partial charge is 0.243 e. The molecule has 1 amide bonds. The van der Waals surface area contributed by atoms with E-state index in [1.807, 2.05) is 10.9 Å². The molecule has 0 atom stereocenters. The molecule has 1 aliphatic rings. The van der Waals surface area contributed by atoms with Crippen molar-refractivity contribution in [2.45, 2.75) is 38.6 Å². The molecule has 0 bridgehead atoms. The zero-order valence-corrected chi connectivity index (χ0v) is 17.8. The molecule has 0 radical (unpaired) electrons. The largest absolute Gasteiger partial charge is 0.378 e. The molecule has 3 aromatic heterocycles. The van der Waals surface area contributed by atoms with Crippen molar-refractivity contribution in [3.8, 4) is 11.4 Å². The molecule has 0 aliphatic carbocycles. The van der Waals surface area contributed by atoms with Gasteiger partial charge in [-0.1, -0.05) is 12.8 Å². The van der Waals surface area contributed by atoms with E-state index in [-0.39, 0.29) is 11.9 Å². The number of nitrogens with zero attached hydrogens (tertiary/aromatic N) is 7. The Morgan fingerprint density at radius 2 is 1.84 bits per heavy atom. The van der Waals surface area contributed by atoms with E-state index < -0.39 is 0 Å². The van der Waals surface area contributed by atoms with Crippen LogP contribution in [0.3, 0.4) is 0 Å². The second-order valence-electron chi connectivity index (χ2n) is 7.60. The second kappa shape index (κ2) is 10.3. The zero-order chi connectivity index (χ0) is 22.3. The average Bonchev–Trinajstić information content (AvgIpc) is 3.24. The number of rotatable bonds is 9. The summed E-state index contributed by atoms with van der Waals surface area (Å²) in [7, 11) is 0. The quantitative estimate of drug-likeness (QED) is 0.250. The van der Waals surface area contributed by atoms with Gasteiger partial charge in [0.2, 0.25) is 11.9 Å². The molecule has 1 saturated heterocycles. The summed E-state index contributed by atoms with van der Waals surface area (Å²) in [5, 5.41) is 14.0. The van der Waals surface area contributed by atoms with Crippen LogP contribution in [-0.4, -0.2) is 67.1 Å². The molecular formula is C20H27N9O3. The van der Waals surface area contributed by atoms with E-state index in [2.05, 4.69) is 20.0 Å². The van der Waals surface area contributed by atoms with Crippen molar-refractivity contribution in [3.63, 3.8) is 0 Å². The molecule has 4 N–H and O–H groups in total. The van der Waals surface area contributed by atoms with Crippen molar-refractivity contribution in [2.24, 2.45) is 0 Å². The first-order valence-electron chi connectivity index (χ1n) is 10.7. The third-order valence-corrected chi connectivity index (χ3v) is 5.37. The van der Waals surface area contributed by atoms with E-state index >= 15 is 0 Å². The summed E-state index contributed by atoms with van der Waals surface area (Å²) in [6.45, 7) is 3.49. The molecule has 3 aromatic rings. The molecule has 0 unspecified atom stereocenters. The molecule has 170 valence electrons. The molecule has 1 fully saturated rings. The van der Waals surface area contributed by atoms with Crippen molar-refractivity contribution in [1.29, 1.82) is 0 Å². The number of ether oxygens (including phenoxy) is 1. The Bertz CT molecular complexity index is 1050. The minimum Gasteiger partial charge on any atom is -0.378 e. The number of aromatic nitrogens is 6. The molecule has 0 aromatic carbocycles. The molecule has 0 spiro atoms. The molecule has 1 aliphatic heterocycles. The van der Waals surface area contributed by atoms with Crippen molar-refractivity contribution >= 4 is 28.7 Å². The lowest BCUT2D eigenvalue weighted by atomic mass is 10.1. The van der Waals surface area contributed by atoms with E-state index in [1.165, 1.54) is 0 Å². The van der Waals surface area contributed by atoms with Gasteiger partial charge in [-0.3, -0.25) is 10.0 Å². The topological polar surface area (TPSA) is 157 Å². The number of hydrogen-bond donors (Lipinski definition) is 3. The van der Waals surface area contributed by atoms with Crippen LogP contribution in [0.15, 0.2) is 18.6 Å². The molecule has 12 nitrogen and oxygen atoms in total. The number of anilines is 2. The molecule has 0 saturated carbocycles. The number of aryl methyl sites for hydroxylation is 1. The average molecular weight is 441 g/mol. The number of nitrogens with one attached hydrogen (secondary N) is 1. The fourth-order valence-electron chi connectivity index (χ4n) is 3.66. The Morgan fingerprint density at radius 1 is 1.09 bits per heavy atom. The Morgan fingerprint density at radius 3 is 2.59 bits per heavy atom. The lowest BCUT2D eigenvalue weighted by molar-refractivity contribution is -0.129. The van der Waals surface area contributed by atoms with Crippen molar-refractivity contribution in [2.75, 3.05) is 36.9 Å². The van der Waals surface area contributed by atoms with Gasteiger partial charge in [0.15, 0.2) is 11.5 Å². The highest BCUT2D eigenvalue weighted by Gasteiger charge is 2.20. The summed E-state index contributed by atoms with van der Waals surface area (Å²) in [5.41, 5.74) is 8.73. The summed E-state index contributed by atoms with van der Waals surface area (Å²) in [5.74, 6) is 1.20. The summed E-state index contributed by atoms with van der Waals surface area (Å²) < 4.78 is 7.39. The first kappa shape index (κ1) is 21.8. The maximum Gasteiger partial charge on any atom is 0.243 e. The van der Waals surface area contributed by atoms with Crippen LogP contribution >= 0.6 is 0 Å². The first-order valence-corrected chi connectivity index (χ1v) is 10.7. The van der Waals surface area contributed by atoms with Crippen LogP contribution in [0.1, 0.15) is 32.1 Å². The Labute approximate surface area is 184 Å². The predicted molar refractivity (Wildman–Crippen MR) is 117 cm³/mol. The van der Waals surface area contributed by atoms with Gasteiger partial charge in [0, 0.05) is 38.4 Å². The lowest BCUT2D eigenvalue weighted by Gasteiger charge is -2.28. The van der Waals surface area contributed by atoms with Gasteiger partial charge in [0.05, 0.1) is 30.4 Å². The first-order chi connectivity index (χ1) is 15.7. The van der Waals surface area contributed by atoms with Gasteiger partial charge < -0.3 is 15.4 Å². The summed E-state index contributed by atoms with van der Waals surface area (Å²) in [6, 6.07) is 0. The highest BCUT2D eigenvalue weighted by atomic mass is 16.5. The maximum absolute atomic E-state index is 11.1.